The van der Waals surface area contributed by atoms with Crippen LogP contribution in [0.5, 0.6) is 5.75 Å². The van der Waals surface area contributed by atoms with E-state index in [1.807, 2.05) is 17.0 Å². The molecule has 0 unspecified atom stereocenters. The first-order valence-electron chi connectivity index (χ1n) is 9.10. The van der Waals surface area contributed by atoms with Gasteiger partial charge in [0.2, 0.25) is 0 Å². The van der Waals surface area contributed by atoms with Gasteiger partial charge < -0.3 is 5.11 Å². The van der Waals surface area contributed by atoms with Crippen LogP contribution in [0.25, 0.3) is 0 Å². The molecule has 0 aromatic heterocycles. The maximum atomic E-state index is 12.7. The Morgan fingerprint density at radius 2 is 1.71 bits per heavy atom. The zero-order valence-electron chi connectivity index (χ0n) is 15.1. The maximum absolute atomic E-state index is 12.7. The third-order valence-electron chi connectivity index (χ3n) is 5.47. The summed E-state index contributed by atoms with van der Waals surface area (Å²) in [5.41, 5.74) is 0.813. The Morgan fingerprint density at radius 3 is 2.36 bits per heavy atom. The van der Waals surface area contributed by atoms with Crippen LogP contribution in [0.2, 0.25) is 0 Å². The summed E-state index contributed by atoms with van der Waals surface area (Å²) < 4.78 is 0. The van der Waals surface area contributed by atoms with Crippen molar-refractivity contribution >= 4 is 17.5 Å². The molecular weight excluding hydrogens is 362 g/mol. The number of aromatic hydroxyl groups is 1. The first kappa shape index (κ1) is 18.1. The van der Waals surface area contributed by atoms with Gasteiger partial charge in [-0.15, -0.1) is 0 Å². The Hall–Kier alpha value is -3.26. The van der Waals surface area contributed by atoms with Crippen LogP contribution in [-0.2, 0) is 0 Å². The van der Waals surface area contributed by atoms with Gasteiger partial charge in [-0.25, -0.2) is 0 Å². The van der Waals surface area contributed by atoms with Crippen LogP contribution in [0.4, 0.5) is 5.69 Å². The summed E-state index contributed by atoms with van der Waals surface area (Å²) in [5.74, 6) is -0.488. The molecule has 1 saturated heterocycles. The Labute approximate surface area is 161 Å². The Balaban J connectivity index is 1.44. The van der Waals surface area contributed by atoms with Crippen molar-refractivity contribution in [1.29, 1.82) is 0 Å². The van der Waals surface area contributed by atoms with E-state index in [1.165, 1.54) is 18.2 Å². The van der Waals surface area contributed by atoms with E-state index in [9.17, 15) is 24.8 Å². The smallest absolute Gasteiger partial charge is 0.282 e. The number of nitrogens with zero attached hydrogens (tertiary/aromatic N) is 3. The first-order chi connectivity index (χ1) is 13.5. The van der Waals surface area contributed by atoms with E-state index in [0.29, 0.717) is 19.0 Å². The fraction of sp³-hybridized carbons (Fsp3) is 0.300. The molecule has 4 rings (SSSR count). The topological polar surface area (TPSA) is 104 Å². The summed E-state index contributed by atoms with van der Waals surface area (Å²) in [6.45, 7) is 1.55. The molecule has 0 saturated carbocycles. The Morgan fingerprint density at radius 1 is 1.04 bits per heavy atom. The highest BCUT2D eigenvalue weighted by atomic mass is 16.6. The van der Waals surface area contributed by atoms with Crippen LogP contribution >= 0.6 is 0 Å². The fourth-order valence-electron chi connectivity index (χ4n) is 3.95. The molecule has 0 bridgehead atoms. The van der Waals surface area contributed by atoms with Gasteiger partial charge in [-0.1, -0.05) is 18.2 Å². The van der Waals surface area contributed by atoms with E-state index < -0.39 is 16.7 Å². The third kappa shape index (κ3) is 3.11. The zero-order chi connectivity index (χ0) is 19.8. The van der Waals surface area contributed by atoms with Crippen molar-refractivity contribution in [2.24, 2.45) is 0 Å². The number of phenols is 1. The number of benzene rings is 2. The first-order valence-corrected chi connectivity index (χ1v) is 9.10. The van der Waals surface area contributed by atoms with Gasteiger partial charge in [-0.05, 0) is 42.5 Å². The number of hydrogen-bond acceptors (Lipinski definition) is 6. The molecule has 144 valence electrons. The molecule has 1 N–H and O–H groups in total. The van der Waals surface area contributed by atoms with Gasteiger partial charge in [-0.2, -0.15) is 0 Å². The number of amides is 2. The molecule has 0 atom stereocenters. The molecule has 2 heterocycles. The lowest BCUT2D eigenvalue weighted by molar-refractivity contribution is -0.385. The average Bonchev–Trinajstić information content (AvgIpc) is 2.94. The van der Waals surface area contributed by atoms with Crippen LogP contribution in [0.1, 0.15) is 45.0 Å². The van der Waals surface area contributed by atoms with Crippen molar-refractivity contribution in [2.45, 2.75) is 18.8 Å². The molecule has 0 spiro atoms. The third-order valence-corrected chi connectivity index (χ3v) is 5.47. The van der Waals surface area contributed by atoms with Gasteiger partial charge in [0.25, 0.3) is 17.5 Å². The van der Waals surface area contributed by atoms with Crippen molar-refractivity contribution in [3.8, 4) is 5.75 Å². The van der Waals surface area contributed by atoms with Gasteiger partial charge in [0, 0.05) is 19.2 Å². The summed E-state index contributed by atoms with van der Waals surface area (Å²) in [4.78, 5) is 39.0. The molecular formula is C20H19N3O5. The van der Waals surface area contributed by atoms with Gasteiger partial charge >= 0.3 is 0 Å². The second-order valence-electron chi connectivity index (χ2n) is 7.12. The van der Waals surface area contributed by atoms with Gasteiger partial charge in [-0.3, -0.25) is 29.5 Å². The van der Waals surface area contributed by atoms with E-state index in [0.717, 1.165) is 23.3 Å². The number of nitro benzene ring substituents is 1. The van der Waals surface area contributed by atoms with Gasteiger partial charge in [0.15, 0.2) is 0 Å². The minimum atomic E-state index is -0.628. The minimum absolute atomic E-state index is 0.0955. The Bertz CT molecular complexity index is 949. The van der Waals surface area contributed by atoms with Crippen LogP contribution in [-0.4, -0.2) is 51.4 Å². The summed E-state index contributed by atoms with van der Waals surface area (Å²) in [6, 6.07) is 11.3. The van der Waals surface area contributed by atoms with E-state index in [-0.39, 0.29) is 29.2 Å². The lowest BCUT2D eigenvalue weighted by Crippen LogP contribution is -2.44. The van der Waals surface area contributed by atoms with Crippen LogP contribution < -0.4 is 0 Å². The Kier molecular flexibility index (Phi) is 4.56. The lowest BCUT2D eigenvalue weighted by Gasteiger charge is -2.34. The predicted molar refractivity (Wildman–Crippen MR) is 100 cm³/mol. The van der Waals surface area contributed by atoms with Crippen molar-refractivity contribution in [2.75, 3.05) is 19.8 Å². The van der Waals surface area contributed by atoms with Crippen molar-refractivity contribution in [3.05, 3.63) is 69.3 Å². The monoisotopic (exact) mass is 381 g/mol. The SMILES string of the molecule is O=C1c2cccc([N+](=O)[O-])c2C(=O)N1CN1CCC(c2ccc(O)cc2)CC1. The standard InChI is InChI=1S/C20H19N3O5/c24-15-6-4-13(5-7-15)14-8-10-21(11-9-14)12-22-19(25)16-2-1-3-17(23(27)28)18(16)20(22)26/h1-7,14,24H,8-12H2. The molecule has 2 aromatic carbocycles. The number of hydrogen-bond donors (Lipinski definition) is 1. The summed E-state index contributed by atoms with van der Waals surface area (Å²) in [5, 5.41) is 20.6. The lowest BCUT2D eigenvalue weighted by atomic mass is 9.89. The van der Waals surface area contributed by atoms with E-state index >= 15 is 0 Å². The summed E-state index contributed by atoms with van der Waals surface area (Å²) in [7, 11) is 0. The molecule has 2 aromatic rings. The van der Waals surface area contributed by atoms with Gasteiger partial charge in [0.05, 0.1) is 17.2 Å². The summed E-state index contributed by atoms with van der Waals surface area (Å²) >= 11 is 0. The molecule has 0 aliphatic carbocycles. The zero-order valence-corrected chi connectivity index (χ0v) is 15.1. The molecule has 2 amide bonds. The minimum Gasteiger partial charge on any atom is -0.508 e. The van der Waals surface area contributed by atoms with Crippen molar-refractivity contribution < 1.29 is 19.6 Å². The number of piperidine rings is 1. The number of rotatable bonds is 4. The molecule has 28 heavy (non-hydrogen) atoms. The second kappa shape index (κ2) is 7.05. The number of likely N-dealkylation sites (tertiary alicyclic amines) is 1. The summed E-state index contributed by atoms with van der Waals surface area (Å²) in [6.07, 6.45) is 1.74. The number of carbonyl (C=O) groups is 2. The molecule has 8 nitrogen and oxygen atoms in total. The maximum Gasteiger partial charge on any atom is 0.282 e. The number of imide groups is 1. The highest BCUT2D eigenvalue weighted by Crippen LogP contribution is 2.32. The van der Waals surface area contributed by atoms with E-state index in [1.54, 1.807) is 12.1 Å². The molecule has 2 aliphatic rings. The highest BCUT2D eigenvalue weighted by Gasteiger charge is 2.41. The largest absolute Gasteiger partial charge is 0.508 e. The normalized spacial score (nSPS) is 17.8. The number of phenolic OH excluding ortho intramolecular Hbond substituents is 1. The van der Waals surface area contributed by atoms with Crippen LogP contribution in [0.15, 0.2) is 42.5 Å². The van der Waals surface area contributed by atoms with E-state index in [2.05, 4.69) is 0 Å². The van der Waals surface area contributed by atoms with Crippen molar-refractivity contribution in [3.63, 3.8) is 0 Å². The second-order valence-corrected chi connectivity index (χ2v) is 7.12. The molecule has 1 fully saturated rings. The quantitative estimate of drug-likeness (QED) is 0.496. The number of carbonyl (C=O) groups excluding carboxylic acids is 2. The predicted octanol–water partition coefficient (Wildman–Crippen LogP) is 2.73. The van der Waals surface area contributed by atoms with Crippen LogP contribution in [0, 0.1) is 10.1 Å². The fourth-order valence-corrected chi connectivity index (χ4v) is 3.95. The number of nitro groups is 1. The average molecular weight is 381 g/mol. The van der Waals surface area contributed by atoms with Gasteiger partial charge in [0.1, 0.15) is 11.3 Å². The molecule has 8 heteroatoms. The molecule has 2 aliphatic heterocycles. The number of fused-ring (bicyclic) bond motifs is 1. The molecule has 0 radical (unpaired) electrons. The van der Waals surface area contributed by atoms with E-state index in [4.69, 9.17) is 0 Å². The van der Waals surface area contributed by atoms with Crippen molar-refractivity contribution in [1.82, 2.24) is 9.80 Å². The van der Waals surface area contributed by atoms with Crippen LogP contribution in [0.3, 0.4) is 0 Å². The highest BCUT2D eigenvalue weighted by molar-refractivity contribution is 6.23.